The van der Waals surface area contributed by atoms with Crippen molar-refractivity contribution >= 4 is 17.2 Å². The van der Waals surface area contributed by atoms with Crippen molar-refractivity contribution in [1.82, 2.24) is 29.7 Å². The maximum Gasteiger partial charge on any atom is 0.213 e. The molecule has 0 spiro atoms. The lowest BCUT2D eigenvalue weighted by atomic mass is 9.94. The molecule has 4 aromatic rings. The first-order valence-corrected chi connectivity index (χ1v) is 11.4. The second-order valence-electron chi connectivity index (χ2n) is 9.05. The Kier molecular flexibility index (Phi) is 5.19. The number of aryl methyl sites for hydroxylation is 2. The molecule has 0 amide bonds. The van der Waals surface area contributed by atoms with E-state index in [4.69, 9.17) is 9.47 Å². The SMILES string of the molecule is Cc1cc(-c2ccn3nc(Nc4cc(F)n(C)n4)cc3c2)c(O[C@H]2C[C@H]3COC[C@@H](C2)N3)cn1. The van der Waals surface area contributed by atoms with Crippen LogP contribution in [-0.4, -0.2) is 55.8 Å². The minimum atomic E-state index is -0.418. The van der Waals surface area contributed by atoms with Crippen LogP contribution in [0.3, 0.4) is 0 Å². The smallest absolute Gasteiger partial charge is 0.213 e. The number of nitrogens with zero attached hydrogens (tertiary/aromatic N) is 5. The maximum atomic E-state index is 13.6. The van der Waals surface area contributed by atoms with Gasteiger partial charge in [0.25, 0.3) is 0 Å². The van der Waals surface area contributed by atoms with Crippen molar-refractivity contribution in [3.8, 4) is 16.9 Å². The second-order valence-corrected chi connectivity index (χ2v) is 9.05. The van der Waals surface area contributed by atoms with Gasteiger partial charge in [0.1, 0.15) is 11.9 Å². The molecule has 176 valence electrons. The summed E-state index contributed by atoms with van der Waals surface area (Å²) in [6.07, 6.45) is 5.67. The number of aromatic nitrogens is 5. The van der Waals surface area contributed by atoms with Gasteiger partial charge in [0, 0.05) is 61.6 Å². The molecule has 2 N–H and O–H groups in total. The van der Waals surface area contributed by atoms with E-state index < -0.39 is 5.95 Å². The number of pyridine rings is 2. The number of morpholine rings is 1. The molecule has 9 nitrogen and oxygen atoms in total. The number of hydrogen-bond donors (Lipinski definition) is 2. The number of hydrogen-bond acceptors (Lipinski definition) is 7. The second kappa shape index (κ2) is 8.37. The van der Waals surface area contributed by atoms with Crippen LogP contribution in [0.5, 0.6) is 5.75 Å². The topological polar surface area (TPSA) is 90.5 Å². The fourth-order valence-electron chi connectivity index (χ4n) is 4.79. The summed E-state index contributed by atoms with van der Waals surface area (Å²) in [6, 6.07) is 10.0. The van der Waals surface area contributed by atoms with Gasteiger partial charge < -0.3 is 20.1 Å². The van der Waals surface area contributed by atoms with Gasteiger partial charge in [-0.1, -0.05) is 0 Å². The first kappa shape index (κ1) is 21.1. The first-order valence-electron chi connectivity index (χ1n) is 11.4. The number of rotatable bonds is 5. The molecule has 0 radical (unpaired) electrons. The van der Waals surface area contributed by atoms with Crippen LogP contribution in [0.4, 0.5) is 16.0 Å². The lowest BCUT2D eigenvalue weighted by molar-refractivity contribution is -0.0122. The van der Waals surface area contributed by atoms with Gasteiger partial charge in [-0.05, 0) is 30.7 Å². The van der Waals surface area contributed by atoms with Crippen molar-refractivity contribution < 1.29 is 13.9 Å². The van der Waals surface area contributed by atoms with Crippen molar-refractivity contribution in [2.75, 3.05) is 18.5 Å². The van der Waals surface area contributed by atoms with Gasteiger partial charge >= 0.3 is 0 Å². The summed E-state index contributed by atoms with van der Waals surface area (Å²) < 4.78 is 28.7. The third kappa shape index (κ3) is 4.10. The monoisotopic (exact) mass is 463 g/mol. The summed E-state index contributed by atoms with van der Waals surface area (Å²) in [5.41, 5.74) is 3.83. The number of anilines is 2. The summed E-state index contributed by atoms with van der Waals surface area (Å²) in [5.74, 6) is 1.35. The minimum absolute atomic E-state index is 0.122. The van der Waals surface area contributed by atoms with Crippen LogP contribution in [0.25, 0.3) is 16.6 Å². The Bertz CT molecular complexity index is 1320. The zero-order valence-corrected chi connectivity index (χ0v) is 19.0. The van der Waals surface area contributed by atoms with E-state index >= 15 is 0 Å². The van der Waals surface area contributed by atoms with Gasteiger partial charge in [-0.2, -0.15) is 14.6 Å². The molecule has 10 heteroatoms. The summed E-state index contributed by atoms with van der Waals surface area (Å²) in [4.78, 5) is 4.49. The van der Waals surface area contributed by atoms with Gasteiger partial charge in [-0.15, -0.1) is 0 Å². The molecule has 6 rings (SSSR count). The van der Waals surface area contributed by atoms with Gasteiger partial charge in [0.2, 0.25) is 5.95 Å². The predicted molar refractivity (Wildman–Crippen MR) is 125 cm³/mol. The molecule has 3 atom stereocenters. The van der Waals surface area contributed by atoms with Crippen LogP contribution in [0, 0.1) is 12.9 Å². The van der Waals surface area contributed by atoms with E-state index in [0.717, 1.165) is 54.1 Å². The predicted octanol–water partition coefficient (Wildman–Crippen LogP) is 3.22. The highest BCUT2D eigenvalue weighted by molar-refractivity contribution is 5.75. The van der Waals surface area contributed by atoms with Crippen LogP contribution in [0.1, 0.15) is 18.5 Å². The van der Waals surface area contributed by atoms with Crippen molar-refractivity contribution in [2.24, 2.45) is 7.05 Å². The lowest BCUT2D eigenvalue weighted by Crippen LogP contribution is -2.56. The molecular weight excluding hydrogens is 437 g/mol. The Morgan fingerprint density at radius 2 is 1.91 bits per heavy atom. The van der Waals surface area contributed by atoms with E-state index in [1.807, 2.05) is 31.5 Å². The Morgan fingerprint density at radius 1 is 1.12 bits per heavy atom. The molecule has 0 saturated carbocycles. The van der Waals surface area contributed by atoms with Gasteiger partial charge in [0.05, 0.1) is 24.9 Å². The van der Waals surface area contributed by atoms with E-state index in [9.17, 15) is 4.39 Å². The van der Waals surface area contributed by atoms with Gasteiger partial charge in [-0.3, -0.25) is 4.98 Å². The summed E-state index contributed by atoms with van der Waals surface area (Å²) in [5, 5.41) is 15.3. The minimum Gasteiger partial charge on any atom is -0.488 e. The molecular formula is C24H26FN7O2. The standard InChI is InChI=1S/C24H26FN7O2/c1-14-5-20(21(11-26-14)34-19-7-16-12-33-13-17(8-19)27-16)15-3-4-32-18(6-15)9-23(30-32)28-24-10-22(25)31(2)29-24/h3-6,9-11,16-17,19,27H,7-8,12-13H2,1-2H3,(H,28,29,30)/t16-,17+,19-. The van der Waals surface area contributed by atoms with Crippen LogP contribution in [0.2, 0.25) is 0 Å². The fourth-order valence-corrected chi connectivity index (χ4v) is 4.79. The average molecular weight is 464 g/mol. The Hall–Kier alpha value is -3.50. The van der Waals surface area contributed by atoms with E-state index in [2.05, 4.69) is 37.9 Å². The van der Waals surface area contributed by atoms with Crippen LogP contribution >= 0.6 is 0 Å². The number of piperidine rings is 1. The highest BCUT2D eigenvalue weighted by Gasteiger charge is 2.33. The number of halogens is 1. The van der Waals surface area contributed by atoms with Crippen molar-refractivity contribution in [2.45, 2.75) is 38.0 Å². The van der Waals surface area contributed by atoms with Crippen molar-refractivity contribution in [3.63, 3.8) is 0 Å². The largest absolute Gasteiger partial charge is 0.488 e. The van der Waals surface area contributed by atoms with Crippen molar-refractivity contribution in [3.05, 3.63) is 54.4 Å². The van der Waals surface area contributed by atoms with Crippen LogP contribution < -0.4 is 15.4 Å². The number of nitrogens with one attached hydrogen (secondary N) is 2. The molecule has 2 saturated heterocycles. The molecule has 2 bridgehead atoms. The van der Waals surface area contributed by atoms with E-state index in [0.29, 0.717) is 23.7 Å². The van der Waals surface area contributed by atoms with E-state index in [1.165, 1.54) is 10.7 Å². The molecule has 0 unspecified atom stereocenters. The lowest BCUT2D eigenvalue weighted by Gasteiger charge is -2.40. The Morgan fingerprint density at radius 3 is 2.68 bits per heavy atom. The third-order valence-corrected chi connectivity index (χ3v) is 6.36. The van der Waals surface area contributed by atoms with Crippen LogP contribution in [-0.2, 0) is 11.8 Å². The van der Waals surface area contributed by atoms with E-state index in [-0.39, 0.29) is 6.10 Å². The zero-order valence-electron chi connectivity index (χ0n) is 19.0. The molecule has 6 heterocycles. The maximum absolute atomic E-state index is 13.6. The Balaban J connectivity index is 1.28. The molecule has 2 aliphatic heterocycles. The average Bonchev–Trinajstić information content (AvgIpc) is 3.35. The zero-order chi connectivity index (χ0) is 23.2. The normalized spacial score (nSPS) is 22.1. The summed E-state index contributed by atoms with van der Waals surface area (Å²) >= 11 is 0. The molecule has 34 heavy (non-hydrogen) atoms. The molecule has 0 aromatic carbocycles. The van der Waals surface area contributed by atoms with Crippen LogP contribution in [0.15, 0.2) is 42.7 Å². The van der Waals surface area contributed by atoms with Crippen molar-refractivity contribution in [1.29, 1.82) is 0 Å². The Labute approximate surface area is 195 Å². The molecule has 2 fully saturated rings. The quantitative estimate of drug-likeness (QED) is 0.470. The molecule has 2 aliphatic rings. The van der Waals surface area contributed by atoms with E-state index in [1.54, 1.807) is 11.6 Å². The number of fused-ring (bicyclic) bond motifs is 3. The number of ether oxygens (including phenoxy) is 2. The molecule has 4 aromatic heterocycles. The fraction of sp³-hybridized carbons (Fsp3) is 0.375. The third-order valence-electron chi connectivity index (χ3n) is 6.36. The summed E-state index contributed by atoms with van der Waals surface area (Å²) in [7, 11) is 1.55. The first-order chi connectivity index (χ1) is 16.5. The van der Waals surface area contributed by atoms with Gasteiger partial charge in [0.15, 0.2) is 11.6 Å². The highest BCUT2D eigenvalue weighted by Crippen LogP contribution is 2.34. The highest BCUT2D eigenvalue weighted by atomic mass is 19.1. The molecule has 0 aliphatic carbocycles. The van der Waals surface area contributed by atoms with Gasteiger partial charge in [-0.25, -0.2) is 9.20 Å². The summed E-state index contributed by atoms with van der Waals surface area (Å²) in [6.45, 7) is 3.44.